The minimum atomic E-state index is -1.43. The standard InChI is InChI=1S/C11H10Cl2N2O5/c1-20-9(16)3-7(11(18)19)15-10(17)5-2-8(13)14-4-6(5)12/h2,4,7H,3H2,1H3,(H,15,17)(H,18,19)/t7-/m0/s1. The summed E-state index contributed by atoms with van der Waals surface area (Å²) in [5.41, 5.74) is -0.0391. The number of halogens is 2. The molecule has 0 unspecified atom stereocenters. The van der Waals surface area contributed by atoms with Crippen LogP contribution in [0.25, 0.3) is 0 Å². The van der Waals surface area contributed by atoms with Gasteiger partial charge in [0, 0.05) is 6.20 Å². The lowest BCUT2D eigenvalue weighted by atomic mass is 10.2. The molecule has 0 aromatic carbocycles. The molecule has 20 heavy (non-hydrogen) atoms. The molecular weight excluding hydrogens is 311 g/mol. The molecule has 1 aromatic rings. The van der Waals surface area contributed by atoms with Crippen molar-refractivity contribution >= 4 is 41.0 Å². The molecule has 0 spiro atoms. The fourth-order valence-electron chi connectivity index (χ4n) is 1.27. The van der Waals surface area contributed by atoms with Gasteiger partial charge in [-0.3, -0.25) is 9.59 Å². The van der Waals surface area contributed by atoms with Gasteiger partial charge in [-0.2, -0.15) is 0 Å². The minimum Gasteiger partial charge on any atom is -0.480 e. The molecule has 108 valence electrons. The van der Waals surface area contributed by atoms with Gasteiger partial charge in [-0.05, 0) is 6.07 Å². The predicted molar refractivity (Wildman–Crippen MR) is 69.8 cm³/mol. The number of carbonyl (C=O) groups is 3. The Morgan fingerprint density at radius 2 is 2.10 bits per heavy atom. The quantitative estimate of drug-likeness (QED) is 0.622. The van der Waals surface area contributed by atoms with Crippen molar-refractivity contribution in [1.82, 2.24) is 10.3 Å². The first kappa shape index (κ1) is 16.2. The lowest BCUT2D eigenvalue weighted by Gasteiger charge is -2.13. The van der Waals surface area contributed by atoms with Crippen molar-refractivity contribution < 1.29 is 24.2 Å². The third-order valence-corrected chi connectivity index (χ3v) is 2.78. The van der Waals surface area contributed by atoms with Gasteiger partial charge in [0.05, 0.1) is 24.1 Å². The van der Waals surface area contributed by atoms with Crippen LogP contribution in [-0.2, 0) is 14.3 Å². The van der Waals surface area contributed by atoms with Gasteiger partial charge < -0.3 is 15.2 Å². The van der Waals surface area contributed by atoms with Crippen LogP contribution in [-0.4, -0.2) is 41.1 Å². The molecule has 1 amide bonds. The molecule has 1 aromatic heterocycles. The largest absolute Gasteiger partial charge is 0.480 e. The number of esters is 1. The SMILES string of the molecule is COC(=O)C[C@H](NC(=O)c1cc(Cl)ncc1Cl)C(=O)O. The van der Waals surface area contributed by atoms with Gasteiger partial charge in [0.15, 0.2) is 0 Å². The highest BCUT2D eigenvalue weighted by Crippen LogP contribution is 2.18. The van der Waals surface area contributed by atoms with Crippen molar-refractivity contribution in [3.63, 3.8) is 0 Å². The summed E-state index contributed by atoms with van der Waals surface area (Å²) in [6, 6.07) is -0.242. The monoisotopic (exact) mass is 320 g/mol. The van der Waals surface area contributed by atoms with E-state index in [1.807, 2.05) is 0 Å². The van der Waals surface area contributed by atoms with Crippen LogP contribution in [0.2, 0.25) is 10.2 Å². The Labute approximate surface area is 123 Å². The number of methoxy groups -OCH3 is 1. The molecule has 1 heterocycles. The molecule has 1 atom stereocenters. The molecule has 9 heteroatoms. The Bertz CT molecular complexity index is 550. The number of ether oxygens (including phenoxy) is 1. The summed E-state index contributed by atoms with van der Waals surface area (Å²) < 4.78 is 4.35. The summed E-state index contributed by atoms with van der Waals surface area (Å²) in [6.07, 6.45) is 0.656. The van der Waals surface area contributed by atoms with E-state index in [1.54, 1.807) is 0 Å². The molecule has 2 N–H and O–H groups in total. The van der Waals surface area contributed by atoms with Crippen LogP contribution >= 0.6 is 23.2 Å². The Morgan fingerprint density at radius 1 is 1.45 bits per heavy atom. The highest BCUT2D eigenvalue weighted by atomic mass is 35.5. The maximum absolute atomic E-state index is 11.9. The van der Waals surface area contributed by atoms with Crippen LogP contribution in [0.1, 0.15) is 16.8 Å². The summed E-state index contributed by atoms with van der Waals surface area (Å²) in [6.45, 7) is 0. The summed E-state index contributed by atoms with van der Waals surface area (Å²) in [5, 5.41) is 11.1. The number of aliphatic carboxylic acids is 1. The highest BCUT2D eigenvalue weighted by molar-refractivity contribution is 6.35. The van der Waals surface area contributed by atoms with E-state index >= 15 is 0 Å². The van der Waals surface area contributed by atoms with Crippen LogP contribution in [0.4, 0.5) is 0 Å². The van der Waals surface area contributed by atoms with Gasteiger partial charge in [0.2, 0.25) is 0 Å². The van der Waals surface area contributed by atoms with Gasteiger partial charge in [-0.15, -0.1) is 0 Å². The van der Waals surface area contributed by atoms with Gasteiger partial charge in [-0.25, -0.2) is 9.78 Å². The molecule has 0 fully saturated rings. The maximum atomic E-state index is 11.9. The van der Waals surface area contributed by atoms with Crippen molar-refractivity contribution in [2.24, 2.45) is 0 Å². The Hall–Kier alpha value is -1.86. The van der Waals surface area contributed by atoms with Gasteiger partial charge in [-0.1, -0.05) is 23.2 Å². The minimum absolute atomic E-state index is 0.00843. The summed E-state index contributed by atoms with van der Waals surface area (Å²) >= 11 is 11.4. The summed E-state index contributed by atoms with van der Waals surface area (Å²) in [4.78, 5) is 37.6. The third-order valence-electron chi connectivity index (χ3n) is 2.27. The predicted octanol–water partition coefficient (Wildman–Crippen LogP) is 1.13. The fourth-order valence-corrected chi connectivity index (χ4v) is 1.62. The molecule has 0 saturated carbocycles. The van der Waals surface area contributed by atoms with E-state index < -0.39 is 30.3 Å². The summed E-state index contributed by atoms with van der Waals surface area (Å²) in [5.74, 6) is -2.92. The lowest BCUT2D eigenvalue weighted by Crippen LogP contribution is -2.42. The van der Waals surface area contributed by atoms with E-state index in [1.165, 1.54) is 6.07 Å². The first-order valence-electron chi connectivity index (χ1n) is 5.26. The zero-order valence-electron chi connectivity index (χ0n) is 10.2. The molecular formula is C11H10Cl2N2O5. The average molecular weight is 321 g/mol. The maximum Gasteiger partial charge on any atom is 0.326 e. The molecule has 7 nitrogen and oxygen atoms in total. The van der Waals surface area contributed by atoms with E-state index in [0.29, 0.717) is 0 Å². The van der Waals surface area contributed by atoms with Crippen molar-refractivity contribution in [1.29, 1.82) is 0 Å². The van der Waals surface area contributed by atoms with Crippen LogP contribution in [0, 0.1) is 0 Å². The van der Waals surface area contributed by atoms with Gasteiger partial charge in [0.1, 0.15) is 11.2 Å². The number of carboxylic acids is 1. The lowest BCUT2D eigenvalue weighted by molar-refractivity contribution is -0.147. The number of rotatable bonds is 5. The van der Waals surface area contributed by atoms with E-state index in [2.05, 4.69) is 15.0 Å². The van der Waals surface area contributed by atoms with Crippen molar-refractivity contribution in [2.75, 3.05) is 7.11 Å². The molecule has 0 aliphatic carbocycles. The fraction of sp³-hybridized carbons (Fsp3) is 0.273. The Kier molecular flexibility index (Phi) is 5.72. The van der Waals surface area contributed by atoms with Gasteiger partial charge >= 0.3 is 11.9 Å². The highest BCUT2D eigenvalue weighted by Gasteiger charge is 2.25. The number of hydrogen-bond acceptors (Lipinski definition) is 5. The number of amides is 1. The van der Waals surface area contributed by atoms with E-state index in [4.69, 9.17) is 28.3 Å². The number of nitrogens with zero attached hydrogens (tertiary/aromatic N) is 1. The molecule has 0 aliphatic rings. The van der Waals surface area contributed by atoms with Crippen LogP contribution in [0.3, 0.4) is 0 Å². The first-order chi connectivity index (χ1) is 9.35. The van der Waals surface area contributed by atoms with Crippen LogP contribution in [0.15, 0.2) is 12.3 Å². The number of pyridine rings is 1. The molecule has 1 rings (SSSR count). The van der Waals surface area contributed by atoms with E-state index in [9.17, 15) is 14.4 Å². The Morgan fingerprint density at radius 3 is 2.65 bits per heavy atom. The van der Waals surface area contributed by atoms with E-state index in [0.717, 1.165) is 13.3 Å². The number of carboxylic acid groups (broad SMARTS) is 1. The van der Waals surface area contributed by atoms with Crippen molar-refractivity contribution in [3.8, 4) is 0 Å². The average Bonchev–Trinajstić information content (AvgIpc) is 2.40. The molecule has 0 saturated heterocycles. The molecule has 0 bridgehead atoms. The third kappa shape index (κ3) is 4.36. The summed E-state index contributed by atoms with van der Waals surface area (Å²) in [7, 11) is 1.11. The number of nitrogens with one attached hydrogen (secondary N) is 1. The topological polar surface area (TPSA) is 106 Å². The zero-order valence-corrected chi connectivity index (χ0v) is 11.7. The molecule has 0 aliphatic heterocycles. The van der Waals surface area contributed by atoms with Crippen molar-refractivity contribution in [3.05, 3.63) is 28.0 Å². The smallest absolute Gasteiger partial charge is 0.326 e. The second-order valence-electron chi connectivity index (χ2n) is 3.63. The van der Waals surface area contributed by atoms with Crippen molar-refractivity contribution in [2.45, 2.75) is 12.5 Å². The zero-order chi connectivity index (χ0) is 15.3. The second-order valence-corrected chi connectivity index (χ2v) is 4.43. The van der Waals surface area contributed by atoms with Crippen LogP contribution in [0.5, 0.6) is 0 Å². The Balaban J connectivity index is 2.88. The van der Waals surface area contributed by atoms with Gasteiger partial charge in [0.25, 0.3) is 5.91 Å². The normalized spacial score (nSPS) is 11.6. The van der Waals surface area contributed by atoms with Crippen LogP contribution < -0.4 is 5.32 Å². The number of hydrogen-bond donors (Lipinski definition) is 2. The second kappa shape index (κ2) is 7.06. The van der Waals surface area contributed by atoms with E-state index in [-0.39, 0.29) is 15.7 Å². The first-order valence-corrected chi connectivity index (χ1v) is 6.02. The number of carbonyl (C=O) groups excluding carboxylic acids is 2. The number of aromatic nitrogens is 1. The molecule has 0 radical (unpaired) electrons.